The third-order valence-electron chi connectivity index (χ3n) is 10.9. The second kappa shape index (κ2) is 16.9. The van der Waals surface area contributed by atoms with E-state index in [1.165, 1.54) is 11.0 Å². The Hall–Kier alpha value is -4.53. The zero-order chi connectivity index (χ0) is 41.1. The predicted molar refractivity (Wildman–Crippen MR) is 211 cm³/mol. The van der Waals surface area contributed by atoms with Gasteiger partial charge in [0.25, 0.3) is 5.91 Å². The minimum Gasteiger partial charge on any atom is -0.497 e. The Balaban J connectivity index is 1.45. The summed E-state index contributed by atoms with van der Waals surface area (Å²) in [5.74, 6) is -2.93. The number of fused-ring (bicyclic) bond motifs is 1. The first-order valence-electron chi connectivity index (χ1n) is 19.5. The fourth-order valence-corrected chi connectivity index (χ4v) is 8.46. The largest absolute Gasteiger partial charge is 0.497 e. The Bertz CT molecular complexity index is 1960. The van der Waals surface area contributed by atoms with Gasteiger partial charge < -0.3 is 24.4 Å². The average Bonchev–Trinajstić information content (AvgIpc) is 4.03. The molecule has 3 fully saturated rings. The van der Waals surface area contributed by atoms with Gasteiger partial charge in [0.2, 0.25) is 27.7 Å². The Labute approximate surface area is 330 Å². The average molecular weight is 796 g/mol. The van der Waals surface area contributed by atoms with Crippen LogP contribution in [0.1, 0.15) is 105 Å². The van der Waals surface area contributed by atoms with Crippen LogP contribution < -0.4 is 19.5 Å². The minimum absolute atomic E-state index is 0.0179. The maximum absolute atomic E-state index is 14.6. The molecule has 15 heteroatoms. The molecule has 2 N–H and O–H groups in total. The summed E-state index contributed by atoms with van der Waals surface area (Å²) >= 11 is 0. The molecule has 56 heavy (non-hydrogen) atoms. The maximum atomic E-state index is 14.6. The van der Waals surface area contributed by atoms with Crippen molar-refractivity contribution in [3.05, 3.63) is 49.2 Å². The van der Waals surface area contributed by atoms with Gasteiger partial charge in [-0.05, 0) is 84.8 Å². The highest BCUT2D eigenvalue weighted by atomic mass is 32.2. The second-order valence-corrected chi connectivity index (χ2v) is 18.7. The van der Waals surface area contributed by atoms with Gasteiger partial charge in [-0.3, -0.25) is 23.9 Å². The first-order chi connectivity index (χ1) is 26.4. The van der Waals surface area contributed by atoms with Gasteiger partial charge in [0, 0.05) is 24.3 Å². The molecule has 306 valence electrons. The number of likely N-dealkylation sites (tertiary alicyclic amines) is 1. The summed E-state index contributed by atoms with van der Waals surface area (Å²) in [6, 6.07) is 4.21. The summed E-state index contributed by atoms with van der Waals surface area (Å²) in [5.41, 5.74) is -0.557. The van der Waals surface area contributed by atoms with Gasteiger partial charge in [0.15, 0.2) is 0 Å². The van der Waals surface area contributed by atoms with Crippen LogP contribution in [0.4, 0.5) is 0 Å². The number of carbonyl (C=O) groups excluding carboxylic acids is 4. The lowest BCUT2D eigenvalue weighted by atomic mass is 9.95. The number of sulfonamides is 1. The summed E-state index contributed by atoms with van der Waals surface area (Å²) in [6.45, 7) is 16.3. The van der Waals surface area contributed by atoms with Crippen molar-refractivity contribution in [1.29, 1.82) is 0 Å². The number of hydrogen-bond acceptors (Lipinski definition) is 11. The number of unbranched alkanes of at least 4 members (excludes halogenated alkanes) is 3. The quantitative estimate of drug-likeness (QED) is 0.110. The van der Waals surface area contributed by atoms with Crippen molar-refractivity contribution >= 4 is 44.7 Å². The van der Waals surface area contributed by atoms with Crippen molar-refractivity contribution < 1.29 is 41.8 Å². The van der Waals surface area contributed by atoms with Crippen LogP contribution >= 0.6 is 0 Å². The molecule has 1 aromatic heterocycles. The van der Waals surface area contributed by atoms with Crippen molar-refractivity contribution in [2.45, 2.75) is 133 Å². The minimum atomic E-state index is -4.00. The summed E-state index contributed by atoms with van der Waals surface area (Å²) in [6.07, 6.45) is 7.51. The molecule has 0 spiro atoms. The molecule has 0 radical (unpaired) electrons. The normalized spacial score (nSPS) is 23.1. The van der Waals surface area contributed by atoms with Crippen LogP contribution in [-0.2, 0) is 40.4 Å². The fraction of sp³-hybridized carbons (Fsp3) is 0.610. The molecule has 2 saturated carbocycles. The van der Waals surface area contributed by atoms with Gasteiger partial charge in [0.05, 0.1) is 35.9 Å². The second-order valence-electron chi connectivity index (χ2n) is 16.5. The number of carbonyl (C=O) groups is 4. The molecule has 3 aliphatic rings. The van der Waals surface area contributed by atoms with Crippen molar-refractivity contribution in [1.82, 2.24) is 24.9 Å². The molecule has 1 aromatic carbocycles. The number of aryl methyl sites for hydroxylation is 1. The number of amides is 3. The van der Waals surface area contributed by atoms with E-state index < -0.39 is 73.6 Å². The van der Waals surface area contributed by atoms with E-state index in [0.29, 0.717) is 54.6 Å². The number of hydrogen-bond donors (Lipinski definition) is 2. The van der Waals surface area contributed by atoms with Crippen LogP contribution in [0, 0.1) is 11.8 Å². The van der Waals surface area contributed by atoms with Crippen LogP contribution in [0.2, 0.25) is 0 Å². The van der Waals surface area contributed by atoms with E-state index in [-0.39, 0.29) is 31.7 Å². The zero-order valence-corrected chi connectivity index (χ0v) is 34.3. The van der Waals surface area contributed by atoms with Crippen LogP contribution in [0.25, 0.3) is 11.0 Å². The number of esters is 1. The molecule has 0 bridgehead atoms. The highest BCUT2D eigenvalue weighted by Gasteiger charge is 2.63. The van der Waals surface area contributed by atoms with E-state index in [1.54, 1.807) is 53.0 Å². The highest BCUT2D eigenvalue weighted by molar-refractivity contribution is 7.91. The Morgan fingerprint density at radius 2 is 1.82 bits per heavy atom. The lowest BCUT2D eigenvalue weighted by molar-refractivity contribution is -0.159. The van der Waals surface area contributed by atoms with Crippen molar-refractivity contribution in [2.24, 2.45) is 11.8 Å². The van der Waals surface area contributed by atoms with E-state index in [0.717, 1.165) is 19.3 Å². The summed E-state index contributed by atoms with van der Waals surface area (Å²) in [7, 11) is -2.45. The lowest BCUT2D eigenvalue weighted by Crippen LogP contribution is -2.57. The number of rotatable bonds is 19. The molecule has 1 saturated heterocycles. The first kappa shape index (κ1) is 42.6. The molecule has 3 amide bonds. The third kappa shape index (κ3) is 9.70. The molecule has 5 rings (SSSR count). The van der Waals surface area contributed by atoms with Gasteiger partial charge in [-0.25, -0.2) is 18.4 Å². The summed E-state index contributed by atoms with van der Waals surface area (Å²) in [5, 5.41) is 2.83. The van der Waals surface area contributed by atoms with Gasteiger partial charge in [0.1, 0.15) is 34.7 Å². The molecule has 5 atom stereocenters. The number of methoxy groups -OCH3 is 1. The van der Waals surface area contributed by atoms with Crippen LogP contribution in [0.3, 0.4) is 0 Å². The Morgan fingerprint density at radius 3 is 2.43 bits per heavy atom. The summed E-state index contributed by atoms with van der Waals surface area (Å²) in [4.78, 5) is 66.8. The topological polar surface area (TPSA) is 183 Å². The predicted octanol–water partition coefficient (Wildman–Crippen LogP) is 5.09. The number of aromatic nitrogens is 2. The molecule has 1 aliphatic heterocycles. The number of nitrogens with one attached hydrogen (secondary N) is 2. The van der Waals surface area contributed by atoms with Crippen LogP contribution in [0.15, 0.2) is 43.5 Å². The number of benzene rings is 1. The van der Waals surface area contributed by atoms with Gasteiger partial charge in [-0.15, -0.1) is 13.2 Å². The first-order valence-corrected chi connectivity index (χ1v) is 21.0. The van der Waals surface area contributed by atoms with Crippen molar-refractivity contribution in [2.75, 3.05) is 13.7 Å². The number of nitrogens with zero attached hydrogens (tertiary/aromatic N) is 3. The number of ether oxygens (including phenoxy) is 3. The standard InChI is InChI=1S/C41H57N5O9S/c1-9-12-13-14-15-16-26(21-34(47)55-39(4,5)6)37(49)46-25-29(54-36-30(11-3)42-31-18-17-28(53-8)22-32(31)43-36)23-33(46)35(48)44-41(24-27(41)10-2)38(50)45-56(51,52)40(7)19-20-40/h9-10,17-18,22,26-27,29,33H,1-2,11-16,19-21,23-25H2,3-8H3,(H,44,48)(H,45,50)/t26-,27-,29-,33+,41-/m1/s1. The van der Waals surface area contributed by atoms with Crippen LogP contribution in [-0.4, -0.2) is 88.7 Å². The van der Waals surface area contributed by atoms with E-state index in [2.05, 4.69) is 23.2 Å². The Morgan fingerprint density at radius 1 is 1.09 bits per heavy atom. The van der Waals surface area contributed by atoms with Gasteiger partial charge in [-0.1, -0.05) is 31.9 Å². The maximum Gasteiger partial charge on any atom is 0.307 e. The monoisotopic (exact) mass is 795 g/mol. The molecular weight excluding hydrogens is 739 g/mol. The zero-order valence-electron chi connectivity index (χ0n) is 33.5. The number of allylic oxidation sites excluding steroid dienone is 1. The van der Waals surface area contributed by atoms with Gasteiger partial charge >= 0.3 is 5.97 Å². The molecule has 0 unspecified atom stereocenters. The third-order valence-corrected chi connectivity index (χ3v) is 13.1. The van der Waals surface area contributed by atoms with E-state index in [9.17, 15) is 27.6 Å². The SMILES string of the molecule is C=CCCCCC[C@H](CC(=O)OC(C)(C)C)C(=O)N1C[C@H](Oc2nc3cc(OC)ccc3nc2CC)C[C@H]1C(=O)N[C@]1(C(=O)NS(=O)(=O)C2(C)CC2)C[C@H]1C=C. The molecule has 14 nitrogen and oxygen atoms in total. The van der Waals surface area contributed by atoms with Crippen molar-refractivity contribution in [3.8, 4) is 11.6 Å². The Kier molecular flexibility index (Phi) is 12.9. The summed E-state index contributed by atoms with van der Waals surface area (Å²) < 4.78 is 44.7. The molecule has 2 heterocycles. The van der Waals surface area contributed by atoms with Crippen LogP contribution in [0.5, 0.6) is 11.6 Å². The molecule has 2 aromatic rings. The van der Waals surface area contributed by atoms with Gasteiger partial charge in [-0.2, -0.15) is 0 Å². The molecular formula is C41H57N5O9S. The van der Waals surface area contributed by atoms with E-state index in [1.807, 2.05) is 13.0 Å². The molecule has 2 aliphatic carbocycles. The highest BCUT2D eigenvalue weighted by Crippen LogP contribution is 2.47. The lowest BCUT2D eigenvalue weighted by Gasteiger charge is -2.30. The smallest absolute Gasteiger partial charge is 0.307 e. The fourth-order valence-electron chi connectivity index (χ4n) is 7.15. The van der Waals surface area contributed by atoms with E-state index >= 15 is 0 Å². The van der Waals surface area contributed by atoms with E-state index in [4.69, 9.17) is 24.2 Å². The van der Waals surface area contributed by atoms with Crippen molar-refractivity contribution in [3.63, 3.8) is 0 Å².